The maximum atomic E-state index is 12.7. The Morgan fingerprint density at radius 2 is 1.78 bits per heavy atom. The molecule has 2 amide bonds. The quantitative estimate of drug-likeness (QED) is 0.783. The molecule has 1 aliphatic heterocycles. The SMILES string of the molecule is COC(=O)[C@H]1C[C@H](c2ccccc2)C(=O)N1C(=O)OC(C)(C)C. The predicted molar refractivity (Wildman–Crippen MR) is 82.7 cm³/mol. The molecule has 0 bridgehead atoms. The number of esters is 1. The molecule has 6 heteroatoms. The molecule has 0 aromatic heterocycles. The standard InChI is InChI=1S/C17H21NO5/c1-17(2,3)23-16(21)18-13(15(20)22-4)10-12(14(18)19)11-8-6-5-7-9-11/h5-9,12-13H,10H2,1-4H3/t12-,13-/m1/s1. The predicted octanol–water partition coefficient (Wildman–Crippen LogP) is 2.48. The van der Waals surface area contributed by atoms with Gasteiger partial charge in [0.2, 0.25) is 5.91 Å². The van der Waals surface area contributed by atoms with Crippen LogP contribution in [0, 0.1) is 0 Å². The van der Waals surface area contributed by atoms with E-state index in [0.29, 0.717) is 0 Å². The molecule has 1 aliphatic rings. The molecule has 0 spiro atoms. The molecule has 2 rings (SSSR count). The van der Waals surface area contributed by atoms with Crippen molar-refractivity contribution in [2.45, 2.75) is 44.8 Å². The highest BCUT2D eigenvalue weighted by Gasteiger charge is 2.49. The van der Waals surface area contributed by atoms with Gasteiger partial charge in [0.25, 0.3) is 0 Å². The summed E-state index contributed by atoms with van der Waals surface area (Å²) < 4.78 is 10.00. The maximum Gasteiger partial charge on any atom is 0.417 e. The monoisotopic (exact) mass is 319 g/mol. The highest BCUT2D eigenvalue weighted by atomic mass is 16.6. The molecule has 1 aromatic rings. The first-order valence-electron chi connectivity index (χ1n) is 7.43. The summed E-state index contributed by atoms with van der Waals surface area (Å²) in [4.78, 5) is 37.9. The third-order valence-electron chi connectivity index (χ3n) is 3.57. The first-order valence-corrected chi connectivity index (χ1v) is 7.43. The smallest absolute Gasteiger partial charge is 0.417 e. The van der Waals surface area contributed by atoms with Crippen LogP contribution in [0.2, 0.25) is 0 Å². The molecule has 0 N–H and O–H groups in total. The van der Waals surface area contributed by atoms with Gasteiger partial charge in [-0.2, -0.15) is 0 Å². The van der Waals surface area contributed by atoms with E-state index in [1.165, 1.54) is 7.11 Å². The van der Waals surface area contributed by atoms with Crippen molar-refractivity contribution in [2.24, 2.45) is 0 Å². The number of nitrogens with zero attached hydrogens (tertiary/aromatic N) is 1. The van der Waals surface area contributed by atoms with Crippen LogP contribution in [0.25, 0.3) is 0 Å². The number of carbonyl (C=O) groups is 3. The summed E-state index contributed by atoms with van der Waals surface area (Å²) in [7, 11) is 1.23. The molecule has 0 radical (unpaired) electrons. The molecule has 1 aromatic carbocycles. The first-order chi connectivity index (χ1) is 10.7. The number of hydrogen-bond donors (Lipinski definition) is 0. The number of carbonyl (C=O) groups excluding carboxylic acids is 3. The normalized spacial score (nSPS) is 21.2. The molecular weight excluding hydrogens is 298 g/mol. The van der Waals surface area contributed by atoms with Gasteiger partial charge in [-0.05, 0) is 32.8 Å². The van der Waals surface area contributed by atoms with Crippen LogP contribution >= 0.6 is 0 Å². The number of hydrogen-bond acceptors (Lipinski definition) is 5. The maximum absolute atomic E-state index is 12.7. The van der Waals surface area contributed by atoms with Crippen LogP contribution in [0.15, 0.2) is 30.3 Å². The lowest BCUT2D eigenvalue weighted by molar-refractivity contribution is -0.148. The van der Waals surface area contributed by atoms with Crippen LogP contribution in [0.5, 0.6) is 0 Å². The Labute approximate surface area is 135 Å². The van der Waals surface area contributed by atoms with Crippen molar-refractivity contribution in [3.8, 4) is 0 Å². The average Bonchev–Trinajstić information content (AvgIpc) is 2.83. The number of ether oxygens (including phenoxy) is 2. The molecule has 1 heterocycles. The lowest BCUT2D eigenvalue weighted by Crippen LogP contribution is -2.46. The number of benzene rings is 1. The number of imide groups is 1. The second kappa shape index (κ2) is 6.40. The number of rotatable bonds is 2. The van der Waals surface area contributed by atoms with Gasteiger partial charge in [-0.1, -0.05) is 30.3 Å². The fourth-order valence-electron chi connectivity index (χ4n) is 2.58. The van der Waals surface area contributed by atoms with E-state index in [9.17, 15) is 14.4 Å². The molecule has 2 atom stereocenters. The molecule has 1 saturated heterocycles. The summed E-state index contributed by atoms with van der Waals surface area (Å²) in [5.74, 6) is -1.63. The number of amides is 2. The van der Waals surface area contributed by atoms with Crippen molar-refractivity contribution >= 4 is 18.0 Å². The van der Waals surface area contributed by atoms with Gasteiger partial charge in [0.15, 0.2) is 0 Å². The Hall–Kier alpha value is -2.37. The van der Waals surface area contributed by atoms with E-state index in [-0.39, 0.29) is 6.42 Å². The molecule has 0 unspecified atom stereocenters. The Bertz CT molecular complexity index is 605. The van der Waals surface area contributed by atoms with Crippen LogP contribution in [-0.2, 0) is 19.1 Å². The van der Waals surface area contributed by atoms with Crippen molar-refractivity contribution in [3.63, 3.8) is 0 Å². The summed E-state index contributed by atoms with van der Waals surface area (Å²) in [5, 5.41) is 0. The fourth-order valence-corrected chi connectivity index (χ4v) is 2.58. The second-order valence-corrected chi connectivity index (χ2v) is 6.43. The van der Waals surface area contributed by atoms with Crippen LogP contribution < -0.4 is 0 Å². The van der Waals surface area contributed by atoms with Gasteiger partial charge in [0, 0.05) is 0 Å². The summed E-state index contributed by atoms with van der Waals surface area (Å²) in [5.41, 5.74) is 0.000493. The number of methoxy groups -OCH3 is 1. The minimum Gasteiger partial charge on any atom is -0.467 e. The van der Waals surface area contributed by atoms with Gasteiger partial charge in [-0.15, -0.1) is 0 Å². The Morgan fingerprint density at radius 1 is 1.17 bits per heavy atom. The van der Waals surface area contributed by atoms with Gasteiger partial charge in [0.05, 0.1) is 13.0 Å². The minimum atomic E-state index is -0.965. The van der Waals surface area contributed by atoms with E-state index >= 15 is 0 Å². The van der Waals surface area contributed by atoms with E-state index < -0.39 is 35.5 Å². The van der Waals surface area contributed by atoms with Crippen molar-refractivity contribution in [1.29, 1.82) is 0 Å². The topological polar surface area (TPSA) is 72.9 Å². The van der Waals surface area contributed by atoms with E-state index in [1.807, 2.05) is 18.2 Å². The molecular formula is C17H21NO5. The van der Waals surface area contributed by atoms with E-state index in [2.05, 4.69) is 0 Å². The third-order valence-corrected chi connectivity index (χ3v) is 3.57. The molecule has 1 fully saturated rings. The zero-order chi connectivity index (χ0) is 17.2. The Kier molecular flexibility index (Phi) is 4.73. The second-order valence-electron chi connectivity index (χ2n) is 6.43. The summed E-state index contributed by atoms with van der Waals surface area (Å²) in [6.07, 6.45) is -0.634. The van der Waals surface area contributed by atoms with Crippen molar-refractivity contribution in [2.75, 3.05) is 7.11 Å². The zero-order valence-corrected chi connectivity index (χ0v) is 13.7. The first kappa shape index (κ1) is 17.0. The Balaban J connectivity index is 2.32. The summed E-state index contributed by atoms with van der Waals surface area (Å²) >= 11 is 0. The van der Waals surface area contributed by atoms with Gasteiger partial charge in [0.1, 0.15) is 11.6 Å². The highest BCUT2D eigenvalue weighted by Crippen LogP contribution is 2.34. The van der Waals surface area contributed by atoms with Crippen LogP contribution in [-0.4, -0.2) is 41.6 Å². The minimum absolute atomic E-state index is 0.189. The molecule has 0 saturated carbocycles. The third kappa shape index (κ3) is 3.70. The van der Waals surface area contributed by atoms with Gasteiger partial charge in [-0.3, -0.25) is 4.79 Å². The van der Waals surface area contributed by atoms with Crippen LogP contribution in [0.1, 0.15) is 38.7 Å². The van der Waals surface area contributed by atoms with Gasteiger partial charge >= 0.3 is 12.1 Å². The molecule has 0 aliphatic carbocycles. The Morgan fingerprint density at radius 3 is 2.30 bits per heavy atom. The van der Waals surface area contributed by atoms with Crippen LogP contribution in [0.3, 0.4) is 0 Å². The van der Waals surface area contributed by atoms with E-state index in [1.54, 1.807) is 32.9 Å². The van der Waals surface area contributed by atoms with Gasteiger partial charge < -0.3 is 9.47 Å². The van der Waals surface area contributed by atoms with Crippen molar-refractivity contribution in [1.82, 2.24) is 4.90 Å². The van der Waals surface area contributed by atoms with Gasteiger partial charge in [-0.25, -0.2) is 14.5 Å². The lowest BCUT2D eigenvalue weighted by atomic mass is 9.96. The molecule has 23 heavy (non-hydrogen) atoms. The lowest BCUT2D eigenvalue weighted by Gasteiger charge is -2.26. The van der Waals surface area contributed by atoms with E-state index in [0.717, 1.165) is 10.5 Å². The average molecular weight is 319 g/mol. The van der Waals surface area contributed by atoms with Crippen molar-refractivity contribution < 1.29 is 23.9 Å². The largest absolute Gasteiger partial charge is 0.467 e. The highest BCUT2D eigenvalue weighted by molar-refractivity contribution is 6.02. The fraction of sp³-hybridized carbons (Fsp3) is 0.471. The summed E-state index contributed by atoms with van der Waals surface area (Å²) in [6, 6.07) is 8.10. The van der Waals surface area contributed by atoms with Crippen molar-refractivity contribution in [3.05, 3.63) is 35.9 Å². The summed E-state index contributed by atoms with van der Waals surface area (Å²) in [6.45, 7) is 5.10. The van der Waals surface area contributed by atoms with E-state index in [4.69, 9.17) is 9.47 Å². The number of likely N-dealkylation sites (tertiary alicyclic amines) is 1. The van der Waals surface area contributed by atoms with Crippen LogP contribution in [0.4, 0.5) is 4.79 Å². The molecule has 124 valence electrons. The zero-order valence-electron chi connectivity index (χ0n) is 13.7. The molecule has 6 nitrogen and oxygen atoms in total.